The fraction of sp³-hybridized carbons (Fsp3) is 0.600. The van der Waals surface area contributed by atoms with Crippen LogP contribution in [0.2, 0.25) is 0 Å². The summed E-state index contributed by atoms with van der Waals surface area (Å²) in [7, 11) is -3.10. The van der Waals surface area contributed by atoms with E-state index in [1.165, 1.54) is 6.26 Å². The van der Waals surface area contributed by atoms with Crippen LogP contribution in [0.25, 0.3) is 0 Å². The second kappa shape index (κ2) is 6.06. The van der Waals surface area contributed by atoms with Crippen LogP contribution in [-0.4, -0.2) is 27.3 Å². The Balaban J connectivity index is 2.87. The lowest BCUT2D eigenvalue weighted by Crippen LogP contribution is -2.41. The highest BCUT2D eigenvalue weighted by molar-refractivity contribution is 7.90. The zero-order chi connectivity index (χ0) is 14.7. The maximum atomic E-state index is 11.4. The third-order valence-corrected chi connectivity index (χ3v) is 4.42. The van der Waals surface area contributed by atoms with Crippen LogP contribution in [0.1, 0.15) is 33.3 Å². The molecule has 0 aromatic heterocycles. The second-order valence-corrected chi connectivity index (χ2v) is 8.11. The summed E-state index contributed by atoms with van der Waals surface area (Å²) in [5.41, 5.74) is 1.33. The topological polar surface area (TPSA) is 46.2 Å². The first-order valence-electron chi connectivity index (χ1n) is 6.67. The number of hydrogen-bond acceptors (Lipinski definition) is 3. The minimum atomic E-state index is -3.10. The van der Waals surface area contributed by atoms with Crippen LogP contribution in [0, 0.1) is 5.41 Å². The Morgan fingerprint density at radius 3 is 2.05 bits per heavy atom. The Morgan fingerprint density at radius 1 is 1.16 bits per heavy atom. The summed E-state index contributed by atoms with van der Waals surface area (Å²) in [6.07, 6.45) is 2.14. The fourth-order valence-corrected chi connectivity index (χ4v) is 2.67. The third-order valence-electron chi connectivity index (χ3n) is 3.29. The van der Waals surface area contributed by atoms with E-state index in [9.17, 15) is 8.42 Å². The number of likely N-dealkylation sites (N-methyl/N-ethyl adjacent to an activating group) is 1. The van der Waals surface area contributed by atoms with E-state index in [1.54, 1.807) is 12.1 Å². The summed E-state index contributed by atoms with van der Waals surface area (Å²) in [5, 5.41) is 3.50. The first-order valence-corrected chi connectivity index (χ1v) is 8.56. The van der Waals surface area contributed by atoms with E-state index < -0.39 is 9.84 Å². The molecule has 0 radical (unpaired) electrons. The molecule has 1 atom stereocenters. The van der Waals surface area contributed by atoms with Gasteiger partial charge in [0.15, 0.2) is 9.84 Å². The summed E-state index contributed by atoms with van der Waals surface area (Å²) >= 11 is 0. The van der Waals surface area contributed by atoms with Gasteiger partial charge in [-0.2, -0.15) is 0 Å². The molecule has 1 rings (SSSR count). The van der Waals surface area contributed by atoms with E-state index in [2.05, 4.69) is 33.0 Å². The molecule has 0 aliphatic carbocycles. The van der Waals surface area contributed by atoms with Gasteiger partial charge in [-0.15, -0.1) is 0 Å². The highest BCUT2D eigenvalue weighted by Gasteiger charge is 2.23. The Hall–Kier alpha value is -0.870. The molecule has 1 aromatic rings. The van der Waals surface area contributed by atoms with E-state index >= 15 is 0 Å². The number of rotatable bonds is 5. The fourth-order valence-electron chi connectivity index (χ4n) is 2.04. The van der Waals surface area contributed by atoms with Crippen LogP contribution in [0.15, 0.2) is 29.2 Å². The second-order valence-electron chi connectivity index (χ2n) is 6.10. The van der Waals surface area contributed by atoms with Crippen molar-refractivity contribution in [1.29, 1.82) is 0 Å². The molecule has 1 unspecified atom stereocenters. The average molecular weight is 283 g/mol. The van der Waals surface area contributed by atoms with Crippen molar-refractivity contribution >= 4 is 9.84 Å². The van der Waals surface area contributed by atoms with Crippen LogP contribution in [0.5, 0.6) is 0 Å². The molecule has 0 amide bonds. The monoisotopic (exact) mass is 283 g/mol. The molecule has 0 fully saturated rings. The van der Waals surface area contributed by atoms with Gasteiger partial charge >= 0.3 is 0 Å². The van der Waals surface area contributed by atoms with Gasteiger partial charge < -0.3 is 5.32 Å². The van der Waals surface area contributed by atoms with Gasteiger partial charge in [0.25, 0.3) is 0 Å². The lowest BCUT2D eigenvalue weighted by atomic mass is 9.83. The zero-order valence-corrected chi connectivity index (χ0v) is 13.3. The molecule has 0 spiro atoms. The van der Waals surface area contributed by atoms with Crippen molar-refractivity contribution in [2.75, 3.05) is 12.8 Å². The smallest absolute Gasteiger partial charge is 0.175 e. The van der Waals surface area contributed by atoms with Gasteiger partial charge in [0.05, 0.1) is 4.90 Å². The minimum Gasteiger partial charge on any atom is -0.313 e. The van der Waals surface area contributed by atoms with Gasteiger partial charge in [-0.25, -0.2) is 8.42 Å². The highest BCUT2D eigenvalue weighted by Crippen LogP contribution is 2.23. The number of sulfone groups is 1. The van der Waals surface area contributed by atoms with E-state index in [1.807, 2.05) is 12.1 Å². The standard InChI is InChI=1S/C15H25NO2S/c1-6-16-14(15(2,3)4)11-12-7-9-13(10-8-12)19(5,17)18/h7-10,14,16H,6,11H2,1-5H3. The molecule has 108 valence electrons. The maximum Gasteiger partial charge on any atom is 0.175 e. The van der Waals surface area contributed by atoms with Crippen molar-refractivity contribution in [2.24, 2.45) is 5.41 Å². The van der Waals surface area contributed by atoms with E-state index in [0.717, 1.165) is 18.5 Å². The van der Waals surface area contributed by atoms with Crippen LogP contribution in [-0.2, 0) is 16.3 Å². The minimum absolute atomic E-state index is 0.172. The van der Waals surface area contributed by atoms with Crippen molar-refractivity contribution in [3.8, 4) is 0 Å². The quantitative estimate of drug-likeness (QED) is 0.903. The summed E-state index contributed by atoms with van der Waals surface area (Å²) in [5.74, 6) is 0. The molecule has 1 N–H and O–H groups in total. The van der Waals surface area contributed by atoms with Crippen LogP contribution < -0.4 is 5.32 Å². The lowest BCUT2D eigenvalue weighted by molar-refractivity contribution is 0.270. The number of hydrogen-bond donors (Lipinski definition) is 1. The van der Waals surface area contributed by atoms with E-state index in [-0.39, 0.29) is 5.41 Å². The predicted molar refractivity (Wildman–Crippen MR) is 80.2 cm³/mol. The van der Waals surface area contributed by atoms with Crippen LogP contribution >= 0.6 is 0 Å². The first kappa shape index (κ1) is 16.2. The van der Waals surface area contributed by atoms with Crippen LogP contribution in [0.4, 0.5) is 0 Å². The van der Waals surface area contributed by atoms with Crippen molar-refractivity contribution in [2.45, 2.75) is 45.1 Å². The third kappa shape index (κ3) is 4.96. The van der Waals surface area contributed by atoms with Gasteiger partial charge in [-0.1, -0.05) is 39.8 Å². The van der Waals surface area contributed by atoms with Gasteiger partial charge in [0.2, 0.25) is 0 Å². The van der Waals surface area contributed by atoms with E-state index in [0.29, 0.717) is 10.9 Å². The van der Waals surface area contributed by atoms with Gasteiger partial charge in [0, 0.05) is 12.3 Å². The molecule has 0 bridgehead atoms. The van der Waals surface area contributed by atoms with Gasteiger partial charge in [0.1, 0.15) is 0 Å². The molecular weight excluding hydrogens is 258 g/mol. The van der Waals surface area contributed by atoms with Gasteiger partial charge in [-0.3, -0.25) is 0 Å². The summed E-state index contributed by atoms with van der Waals surface area (Å²) < 4.78 is 22.8. The number of benzene rings is 1. The van der Waals surface area contributed by atoms with Gasteiger partial charge in [-0.05, 0) is 36.1 Å². The largest absolute Gasteiger partial charge is 0.313 e. The van der Waals surface area contributed by atoms with Crippen molar-refractivity contribution in [3.63, 3.8) is 0 Å². The molecule has 4 heteroatoms. The Labute approximate surface area is 117 Å². The molecule has 0 heterocycles. The molecule has 0 aliphatic heterocycles. The Bertz CT molecular complexity index is 498. The van der Waals surface area contributed by atoms with Crippen LogP contribution in [0.3, 0.4) is 0 Å². The normalized spacial score (nSPS) is 14.4. The molecule has 1 aromatic carbocycles. The molecule has 3 nitrogen and oxygen atoms in total. The summed E-state index contributed by atoms with van der Waals surface area (Å²) in [6.45, 7) is 9.68. The Kier molecular flexibility index (Phi) is 5.16. The highest BCUT2D eigenvalue weighted by atomic mass is 32.2. The summed E-state index contributed by atoms with van der Waals surface area (Å²) in [4.78, 5) is 0.381. The average Bonchev–Trinajstić information content (AvgIpc) is 2.26. The zero-order valence-electron chi connectivity index (χ0n) is 12.5. The molecule has 19 heavy (non-hydrogen) atoms. The summed E-state index contributed by atoms with van der Waals surface area (Å²) in [6, 6.07) is 7.58. The van der Waals surface area contributed by atoms with Crippen molar-refractivity contribution in [1.82, 2.24) is 5.32 Å². The first-order chi connectivity index (χ1) is 8.64. The van der Waals surface area contributed by atoms with Crippen molar-refractivity contribution < 1.29 is 8.42 Å². The predicted octanol–water partition coefficient (Wildman–Crippen LogP) is 2.66. The van der Waals surface area contributed by atoms with Crippen molar-refractivity contribution in [3.05, 3.63) is 29.8 Å². The molecule has 0 aliphatic rings. The number of nitrogens with one attached hydrogen (secondary N) is 1. The maximum absolute atomic E-state index is 11.4. The molecule has 0 saturated carbocycles. The van der Waals surface area contributed by atoms with E-state index in [4.69, 9.17) is 0 Å². The molecule has 0 saturated heterocycles. The lowest BCUT2D eigenvalue weighted by Gasteiger charge is -2.31. The molecular formula is C15H25NO2S. The SMILES string of the molecule is CCNC(Cc1ccc(S(C)(=O)=O)cc1)C(C)(C)C. The Morgan fingerprint density at radius 2 is 1.68 bits per heavy atom.